The average Bonchev–Trinajstić information content (AvgIpc) is 2.98. The molecule has 6 heteroatoms. The predicted molar refractivity (Wildman–Crippen MR) is 118 cm³/mol. The van der Waals surface area contributed by atoms with Crippen LogP contribution in [0.3, 0.4) is 0 Å². The second-order valence-electron chi connectivity index (χ2n) is 9.02. The molecule has 1 atom stereocenters. The van der Waals surface area contributed by atoms with Crippen LogP contribution in [0, 0.1) is 5.82 Å². The Hall–Kier alpha value is -2.60. The van der Waals surface area contributed by atoms with Gasteiger partial charge in [-0.05, 0) is 62.7 Å². The summed E-state index contributed by atoms with van der Waals surface area (Å²) in [5.74, 6) is 0.564. The van der Waals surface area contributed by atoms with Crippen LogP contribution in [0.15, 0.2) is 48.5 Å². The molecular weight excluding hydrogens is 395 g/mol. The lowest BCUT2D eigenvalue weighted by Crippen LogP contribution is -2.52. The second-order valence-corrected chi connectivity index (χ2v) is 9.02. The topological polar surface area (TPSA) is 42.0 Å². The van der Waals surface area contributed by atoms with Crippen molar-refractivity contribution >= 4 is 6.09 Å². The van der Waals surface area contributed by atoms with E-state index in [1.807, 2.05) is 43.0 Å². The molecule has 0 bridgehead atoms. The Bertz CT molecular complexity index is 890. The van der Waals surface area contributed by atoms with Gasteiger partial charge in [0.25, 0.3) is 0 Å². The van der Waals surface area contributed by atoms with Crippen LogP contribution < -0.4 is 4.74 Å². The summed E-state index contributed by atoms with van der Waals surface area (Å²) in [5.41, 5.74) is 1.54. The Labute approximate surface area is 183 Å². The molecule has 0 radical (unpaired) electrons. The smallest absolute Gasteiger partial charge is 0.411 e. The summed E-state index contributed by atoms with van der Waals surface area (Å²) in [6.45, 7) is 6.25. The number of benzene rings is 2. The Morgan fingerprint density at radius 1 is 1.06 bits per heavy atom. The van der Waals surface area contributed by atoms with Crippen molar-refractivity contribution < 1.29 is 18.7 Å². The summed E-state index contributed by atoms with van der Waals surface area (Å²) in [7, 11) is 2.09. The predicted octanol–water partition coefficient (Wildman–Crippen LogP) is 4.64. The number of hydrogen-bond acceptors (Lipinski definition) is 4. The largest absolute Gasteiger partial charge is 0.491 e. The summed E-state index contributed by atoms with van der Waals surface area (Å²) in [4.78, 5) is 17.1. The van der Waals surface area contributed by atoms with Crippen molar-refractivity contribution in [1.82, 2.24) is 9.80 Å². The number of nitrogens with zero attached hydrogens (tertiary/aromatic N) is 2. The first-order valence-electron chi connectivity index (χ1n) is 11.0. The summed E-state index contributed by atoms with van der Waals surface area (Å²) in [6.07, 6.45) is 2.10. The van der Waals surface area contributed by atoms with Gasteiger partial charge in [0.15, 0.2) is 0 Å². The Morgan fingerprint density at radius 3 is 2.29 bits per heavy atom. The third-order valence-corrected chi connectivity index (χ3v) is 6.33. The molecule has 0 saturated carbocycles. The molecule has 0 aliphatic carbocycles. The molecule has 2 saturated heterocycles. The summed E-state index contributed by atoms with van der Waals surface area (Å²) in [5, 5.41) is 0. The fourth-order valence-corrected chi connectivity index (χ4v) is 4.60. The Morgan fingerprint density at radius 2 is 1.68 bits per heavy atom. The lowest BCUT2D eigenvalue weighted by molar-refractivity contribution is -0.0165. The highest BCUT2D eigenvalue weighted by atomic mass is 19.1. The van der Waals surface area contributed by atoms with Crippen LogP contribution in [0.5, 0.6) is 5.75 Å². The number of rotatable bonds is 6. The van der Waals surface area contributed by atoms with E-state index in [9.17, 15) is 9.18 Å². The van der Waals surface area contributed by atoms with Gasteiger partial charge in [0, 0.05) is 32.5 Å². The normalized spacial score (nSPS) is 21.0. The molecule has 0 N–H and O–H groups in total. The molecule has 1 amide bonds. The molecule has 4 rings (SSSR count). The maximum absolute atomic E-state index is 13.4. The van der Waals surface area contributed by atoms with Gasteiger partial charge in [0.2, 0.25) is 0 Å². The highest BCUT2D eigenvalue weighted by Gasteiger charge is 2.54. The zero-order valence-electron chi connectivity index (χ0n) is 18.5. The molecule has 166 valence electrons. The molecule has 1 unspecified atom stereocenters. The van der Waals surface area contributed by atoms with Crippen molar-refractivity contribution in [2.24, 2.45) is 0 Å². The Balaban J connectivity index is 1.57. The molecule has 2 aromatic rings. The Kier molecular flexibility index (Phi) is 6.19. The van der Waals surface area contributed by atoms with Crippen LogP contribution in [0.4, 0.5) is 9.18 Å². The monoisotopic (exact) mass is 426 g/mol. The van der Waals surface area contributed by atoms with Crippen LogP contribution in [-0.4, -0.2) is 53.8 Å². The maximum atomic E-state index is 13.4. The van der Waals surface area contributed by atoms with Crippen molar-refractivity contribution in [1.29, 1.82) is 0 Å². The van der Waals surface area contributed by atoms with Crippen molar-refractivity contribution in [2.45, 2.75) is 57.4 Å². The maximum Gasteiger partial charge on any atom is 0.411 e. The molecule has 2 fully saturated rings. The molecule has 2 aliphatic rings. The van der Waals surface area contributed by atoms with Crippen molar-refractivity contribution in [3.05, 3.63) is 65.5 Å². The van der Waals surface area contributed by atoms with E-state index in [0.717, 1.165) is 42.8 Å². The molecule has 2 aliphatic heterocycles. The zero-order chi connectivity index (χ0) is 22.0. The van der Waals surface area contributed by atoms with Crippen LogP contribution in [-0.2, 0) is 17.7 Å². The number of piperidine rings is 1. The van der Waals surface area contributed by atoms with Crippen LogP contribution in [0.2, 0.25) is 0 Å². The number of hydrogen-bond donors (Lipinski definition) is 0. The molecular formula is C25H31FN2O3. The summed E-state index contributed by atoms with van der Waals surface area (Å²) < 4.78 is 25.2. The third kappa shape index (κ3) is 4.85. The first kappa shape index (κ1) is 21.6. The summed E-state index contributed by atoms with van der Waals surface area (Å²) >= 11 is 0. The third-order valence-electron chi connectivity index (χ3n) is 6.33. The number of amides is 1. The van der Waals surface area contributed by atoms with Gasteiger partial charge in [-0.1, -0.05) is 24.3 Å². The lowest BCUT2D eigenvalue weighted by atomic mass is 9.81. The minimum absolute atomic E-state index is 0.0919. The van der Waals surface area contributed by atoms with E-state index in [-0.39, 0.29) is 24.1 Å². The molecule has 31 heavy (non-hydrogen) atoms. The van der Waals surface area contributed by atoms with Crippen LogP contribution in [0.1, 0.15) is 37.8 Å². The fourth-order valence-electron chi connectivity index (χ4n) is 4.60. The molecule has 1 spiro atoms. The van der Waals surface area contributed by atoms with Crippen LogP contribution in [0.25, 0.3) is 0 Å². The van der Waals surface area contributed by atoms with E-state index in [1.54, 1.807) is 12.1 Å². The van der Waals surface area contributed by atoms with Crippen molar-refractivity contribution in [2.75, 3.05) is 20.1 Å². The fraction of sp³-hybridized carbons (Fsp3) is 0.480. The number of carbonyl (C=O) groups is 1. The van der Waals surface area contributed by atoms with Gasteiger partial charge in [-0.15, -0.1) is 0 Å². The van der Waals surface area contributed by atoms with Gasteiger partial charge in [0.05, 0.1) is 12.1 Å². The highest BCUT2D eigenvalue weighted by molar-refractivity contribution is 5.72. The van der Waals surface area contributed by atoms with Gasteiger partial charge in [-0.3, -0.25) is 4.90 Å². The summed E-state index contributed by atoms with van der Waals surface area (Å²) in [6, 6.07) is 14.4. The standard InChI is InChI=1S/C25H31FN2O3/c1-18(2)30-22-10-6-20(7-11-22)17-28-23(16-19-4-8-21(26)9-5-19)25(31-24(28)29)12-14-27(3)15-13-25/h4-11,18,23H,12-17H2,1-3H3. The number of halogens is 1. The van der Waals surface area contributed by atoms with Gasteiger partial charge in [-0.25, -0.2) is 9.18 Å². The molecule has 2 heterocycles. The van der Waals surface area contributed by atoms with E-state index in [0.29, 0.717) is 13.0 Å². The first-order chi connectivity index (χ1) is 14.8. The minimum Gasteiger partial charge on any atom is -0.491 e. The average molecular weight is 427 g/mol. The van der Waals surface area contributed by atoms with E-state index in [1.165, 1.54) is 12.1 Å². The number of ether oxygens (including phenoxy) is 2. The van der Waals surface area contributed by atoms with Gasteiger partial charge in [-0.2, -0.15) is 0 Å². The van der Waals surface area contributed by atoms with E-state index < -0.39 is 5.60 Å². The lowest BCUT2D eigenvalue weighted by Gasteiger charge is -2.40. The second kappa shape index (κ2) is 8.87. The van der Waals surface area contributed by atoms with E-state index >= 15 is 0 Å². The SMILES string of the molecule is CC(C)Oc1ccc(CN2C(=O)OC3(CCN(C)CC3)C2Cc2ccc(F)cc2)cc1. The first-order valence-corrected chi connectivity index (χ1v) is 11.0. The van der Waals surface area contributed by atoms with Gasteiger partial charge < -0.3 is 14.4 Å². The zero-order valence-corrected chi connectivity index (χ0v) is 18.5. The van der Waals surface area contributed by atoms with E-state index in [4.69, 9.17) is 9.47 Å². The minimum atomic E-state index is -0.501. The van der Waals surface area contributed by atoms with Crippen molar-refractivity contribution in [3.63, 3.8) is 0 Å². The number of likely N-dealkylation sites (tertiary alicyclic amines) is 1. The van der Waals surface area contributed by atoms with Crippen molar-refractivity contribution in [3.8, 4) is 5.75 Å². The molecule has 5 nitrogen and oxygen atoms in total. The van der Waals surface area contributed by atoms with E-state index in [2.05, 4.69) is 11.9 Å². The van der Waals surface area contributed by atoms with Crippen LogP contribution >= 0.6 is 0 Å². The highest BCUT2D eigenvalue weighted by Crippen LogP contribution is 2.40. The quantitative estimate of drug-likeness (QED) is 0.675. The van der Waals surface area contributed by atoms with Gasteiger partial charge >= 0.3 is 6.09 Å². The van der Waals surface area contributed by atoms with Gasteiger partial charge in [0.1, 0.15) is 17.2 Å². The number of carbonyl (C=O) groups excluding carboxylic acids is 1. The molecule has 0 aromatic heterocycles. The molecule has 2 aromatic carbocycles.